The number of nitriles is 1. The van der Waals surface area contributed by atoms with Crippen LogP contribution in [0.1, 0.15) is 16.7 Å². The van der Waals surface area contributed by atoms with Crippen LogP contribution in [0.2, 0.25) is 0 Å². The van der Waals surface area contributed by atoms with Crippen molar-refractivity contribution in [3.8, 4) is 17.6 Å². The molecule has 0 bridgehead atoms. The van der Waals surface area contributed by atoms with Gasteiger partial charge in [0.25, 0.3) is 11.8 Å². The second-order valence-electron chi connectivity index (χ2n) is 7.40. The van der Waals surface area contributed by atoms with Crippen LogP contribution in [0, 0.1) is 17.1 Å². The normalized spacial score (nSPS) is 14.5. The van der Waals surface area contributed by atoms with E-state index in [-0.39, 0.29) is 17.9 Å². The zero-order chi connectivity index (χ0) is 24.9. The fourth-order valence-electron chi connectivity index (χ4n) is 3.45. The van der Waals surface area contributed by atoms with Gasteiger partial charge in [-0.25, -0.2) is 14.1 Å². The monoisotopic (exact) mass is 471 g/mol. The largest absolute Gasteiger partial charge is 0.493 e. The molecule has 0 saturated carbocycles. The summed E-state index contributed by atoms with van der Waals surface area (Å²) in [5.41, 5.74) is 1.48. The zero-order valence-electron chi connectivity index (χ0n) is 18.4. The van der Waals surface area contributed by atoms with Gasteiger partial charge in [-0.1, -0.05) is 24.3 Å². The Balaban J connectivity index is 1.60. The van der Waals surface area contributed by atoms with Crippen molar-refractivity contribution in [3.63, 3.8) is 0 Å². The van der Waals surface area contributed by atoms with Gasteiger partial charge in [-0.2, -0.15) is 5.26 Å². The molecule has 8 nitrogen and oxygen atoms in total. The second-order valence-corrected chi connectivity index (χ2v) is 7.40. The van der Waals surface area contributed by atoms with E-state index in [0.29, 0.717) is 28.2 Å². The summed E-state index contributed by atoms with van der Waals surface area (Å²) in [6, 6.07) is 17.7. The zero-order valence-corrected chi connectivity index (χ0v) is 18.4. The minimum absolute atomic E-state index is 0.117. The first-order valence-electron chi connectivity index (χ1n) is 10.4. The first kappa shape index (κ1) is 23.2. The van der Waals surface area contributed by atoms with Crippen molar-refractivity contribution in [1.29, 1.82) is 5.26 Å². The average molecular weight is 471 g/mol. The van der Waals surface area contributed by atoms with Gasteiger partial charge in [-0.3, -0.25) is 14.9 Å². The van der Waals surface area contributed by atoms with Crippen LogP contribution in [0.4, 0.5) is 14.9 Å². The van der Waals surface area contributed by atoms with Crippen molar-refractivity contribution >= 4 is 29.6 Å². The van der Waals surface area contributed by atoms with E-state index < -0.39 is 23.7 Å². The van der Waals surface area contributed by atoms with Crippen molar-refractivity contribution < 1.29 is 28.2 Å². The second kappa shape index (κ2) is 9.89. The van der Waals surface area contributed by atoms with Crippen molar-refractivity contribution in [2.24, 2.45) is 0 Å². The maximum absolute atomic E-state index is 13.3. The van der Waals surface area contributed by atoms with Gasteiger partial charge < -0.3 is 9.47 Å². The van der Waals surface area contributed by atoms with Crippen molar-refractivity contribution in [2.75, 3.05) is 12.0 Å². The van der Waals surface area contributed by atoms with Crippen LogP contribution in [0.25, 0.3) is 6.08 Å². The third-order valence-corrected chi connectivity index (χ3v) is 5.21. The molecule has 1 fully saturated rings. The number of urea groups is 1. The first-order valence-corrected chi connectivity index (χ1v) is 10.4. The third-order valence-electron chi connectivity index (χ3n) is 5.21. The highest BCUT2D eigenvalue weighted by atomic mass is 19.1. The number of hydrogen-bond donors (Lipinski definition) is 1. The molecule has 3 aromatic rings. The molecule has 0 aromatic heterocycles. The summed E-state index contributed by atoms with van der Waals surface area (Å²) in [6.45, 7) is 0.135. The SMILES string of the molecule is COc1cc(C=C2C(=O)NC(=O)N(c3ccc(F)cc3)C2=O)ccc1OCc1ccccc1C#N. The molecule has 1 saturated heterocycles. The molecule has 0 spiro atoms. The van der Waals surface area contributed by atoms with Gasteiger partial charge in [-0.05, 0) is 54.1 Å². The predicted octanol–water partition coefficient (Wildman–Crippen LogP) is 3.95. The molecule has 4 amide bonds. The molecule has 174 valence electrons. The van der Waals surface area contributed by atoms with Crippen molar-refractivity contribution in [2.45, 2.75) is 6.61 Å². The summed E-state index contributed by atoms with van der Waals surface area (Å²) >= 11 is 0. The molecule has 1 heterocycles. The highest BCUT2D eigenvalue weighted by Gasteiger charge is 2.36. The number of halogens is 1. The Kier molecular flexibility index (Phi) is 6.55. The molecule has 4 rings (SSSR count). The van der Waals surface area contributed by atoms with Gasteiger partial charge in [0.05, 0.1) is 24.4 Å². The number of methoxy groups -OCH3 is 1. The molecule has 1 aliphatic heterocycles. The van der Waals surface area contributed by atoms with E-state index in [9.17, 15) is 24.0 Å². The molecule has 0 aliphatic carbocycles. The molecule has 35 heavy (non-hydrogen) atoms. The van der Waals surface area contributed by atoms with E-state index >= 15 is 0 Å². The lowest BCUT2D eigenvalue weighted by molar-refractivity contribution is -0.122. The number of carbonyl (C=O) groups excluding carboxylic acids is 3. The smallest absolute Gasteiger partial charge is 0.335 e. The molecule has 0 atom stereocenters. The number of benzene rings is 3. The maximum Gasteiger partial charge on any atom is 0.335 e. The van der Waals surface area contributed by atoms with E-state index in [1.54, 1.807) is 42.5 Å². The number of imide groups is 2. The summed E-state index contributed by atoms with van der Waals surface area (Å²) in [5.74, 6) is -1.51. The third kappa shape index (κ3) is 4.86. The van der Waals surface area contributed by atoms with Gasteiger partial charge >= 0.3 is 6.03 Å². The highest BCUT2D eigenvalue weighted by Crippen LogP contribution is 2.31. The fourth-order valence-corrected chi connectivity index (χ4v) is 3.45. The van der Waals surface area contributed by atoms with Crippen LogP contribution in [0.5, 0.6) is 11.5 Å². The maximum atomic E-state index is 13.3. The molecular formula is C26H18FN3O5. The van der Waals surface area contributed by atoms with Crippen LogP contribution >= 0.6 is 0 Å². The number of rotatable bonds is 6. The Labute approximate surface area is 199 Å². The Bertz CT molecular complexity index is 1390. The van der Waals surface area contributed by atoms with E-state index in [4.69, 9.17) is 9.47 Å². The van der Waals surface area contributed by atoms with E-state index in [2.05, 4.69) is 11.4 Å². The number of nitrogens with one attached hydrogen (secondary N) is 1. The lowest BCUT2D eigenvalue weighted by Crippen LogP contribution is -2.54. The summed E-state index contributed by atoms with van der Waals surface area (Å²) < 4.78 is 24.5. The molecule has 0 radical (unpaired) electrons. The summed E-state index contributed by atoms with van der Waals surface area (Å²) in [6.07, 6.45) is 1.32. The minimum Gasteiger partial charge on any atom is -0.493 e. The van der Waals surface area contributed by atoms with Crippen LogP contribution in [-0.2, 0) is 16.2 Å². The Hall–Kier alpha value is -4.97. The van der Waals surface area contributed by atoms with E-state index in [0.717, 1.165) is 17.0 Å². The standard InChI is InChI=1S/C26H18FN3O5/c1-34-23-13-16(6-11-22(23)35-15-18-5-3-2-4-17(18)14-28)12-21-24(31)29-26(33)30(25(21)32)20-9-7-19(27)8-10-20/h2-13H,15H2,1H3,(H,29,31,33). The number of ether oxygens (including phenoxy) is 2. The van der Waals surface area contributed by atoms with Gasteiger partial charge in [0.2, 0.25) is 0 Å². The Morgan fingerprint density at radius 1 is 1.03 bits per heavy atom. The summed E-state index contributed by atoms with van der Waals surface area (Å²) in [7, 11) is 1.44. The predicted molar refractivity (Wildman–Crippen MR) is 124 cm³/mol. The van der Waals surface area contributed by atoms with Gasteiger partial charge in [0.1, 0.15) is 18.0 Å². The quantitative estimate of drug-likeness (QED) is 0.431. The van der Waals surface area contributed by atoms with Crippen LogP contribution in [0.15, 0.2) is 72.3 Å². The molecule has 9 heteroatoms. The lowest BCUT2D eigenvalue weighted by atomic mass is 10.1. The van der Waals surface area contributed by atoms with Crippen molar-refractivity contribution in [3.05, 3.63) is 94.8 Å². The Morgan fingerprint density at radius 3 is 2.49 bits per heavy atom. The molecule has 0 unspecified atom stereocenters. The fraction of sp³-hybridized carbons (Fsp3) is 0.0769. The van der Waals surface area contributed by atoms with E-state index in [1.807, 2.05) is 0 Å². The van der Waals surface area contributed by atoms with Crippen LogP contribution in [0.3, 0.4) is 0 Å². The van der Waals surface area contributed by atoms with Crippen LogP contribution in [-0.4, -0.2) is 25.0 Å². The molecule has 1 aliphatic rings. The summed E-state index contributed by atoms with van der Waals surface area (Å²) in [4.78, 5) is 38.4. The Morgan fingerprint density at radius 2 is 1.77 bits per heavy atom. The number of carbonyl (C=O) groups is 3. The minimum atomic E-state index is -0.928. The summed E-state index contributed by atoms with van der Waals surface area (Å²) in [5, 5.41) is 11.3. The number of hydrogen-bond acceptors (Lipinski definition) is 6. The van der Waals surface area contributed by atoms with Gasteiger partial charge in [0, 0.05) is 5.56 Å². The topological polar surface area (TPSA) is 109 Å². The average Bonchev–Trinajstić information content (AvgIpc) is 2.86. The number of barbiturate groups is 1. The van der Waals surface area contributed by atoms with Gasteiger partial charge in [-0.15, -0.1) is 0 Å². The highest BCUT2D eigenvalue weighted by molar-refractivity contribution is 6.39. The van der Waals surface area contributed by atoms with E-state index in [1.165, 1.54) is 25.3 Å². The van der Waals surface area contributed by atoms with Crippen LogP contribution < -0.4 is 19.7 Å². The number of anilines is 1. The number of amides is 4. The molecular weight excluding hydrogens is 453 g/mol. The first-order chi connectivity index (χ1) is 16.9. The molecule has 3 aromatic carbocycles. The van der Waals surface area contributed by atoms with Gasteiger partial charge in [0.15, 0.2) is 11.5 Å². The lowest BCUT2D eigenvalue weighted by Gasteiger charge is -2.26. The number of nitrogens with zero attached hydrogens (tertiary/aromatic N) is 2. The van der Waals surface area contributed by atoms with Crippen molar-refractivity contribution in [1.82, 2.24) is 5.32 Å². The molecule has 1 N–H and O–H groups in total.